The minimum absolute atomic E-state index is 0.483. The molecule has 0 amide bonds. The zero-order valence-corrected chi connectivity index (χ0v) is 12.9. The zero-order chi connectivity index (χ0) is 12.0. The summed E-state index contributed by atoms with van der Waals surface area (Å²) in [5.41, 5.74) is 1.04. The Bertz CT molecular complexity index is 322. The van der Waals surface area contributed by atoms with Gasteiger partial charge in [-0.25, -0.2) is 0 Å². The number of benzene rings is 1. The maximum atomic E-state index is 5.77. The van der Waals surface area contributed by atoms with E-state index in [0.717, 1.165) is 20.3 Å². The Morgan fingerprint density at radius 3 is 2.31 bits per heavy atom. The molecule has 16 heavy (non-hydrogen) atoms. The van der Waals surface area contributed by atoms with Crippen LogP contribution in [0.4, 0.5) is 0 Å². The van der Waals surface area contributed by atoms with Gasteiger partial charge in [0.2, 0.25) is 0 Å². The molecule has 90 valence electrons. The molecule has 1 aromatic rings. The fourth-order valence-electron chi connectivity index (χ4n) is 1.17. The highest BCUT2D eigenvalue weighted by atomic mass is 79.9. The molecule has 0 fully saturated rings. The van der Waals surface area contributed by atoms with Gasteiger partial charge in [-0.3, -0.25) is 0 Å². The van der Waals surface area contributed by atoms with E-state index >= 15 is 0 Å². The second kappa shape index (κ2) is 7.54. The van der Waals surface area contributed by atoms with Crippen molar-refractivity contribution in [3.63, 3.8) is 0 Å². The van der Waals surface area contributed by atoms with Crippen molar-refractivity contribution in [3.05, 3.63) is 26.6 Å². The Kier molecular flexibility index (Phi) is 6.73. The van der Waals surface area contributed by atoms with Crippen molar-refractivity contribution >= 4 is 43.5 Å². The maximum Gasteiger partial charge on any atom is 0.147 e. The Morgan fingerprint density at radius 1 is 1.19 bits per heavy atom. The molecular weight excluding hydrogens is 359 g/mol. The van der Waals surface area contributed by atoms with Crippen LogP contribution in [-0.2, 0) is 10.6 Å². The minimum Gasteiger partial charge on any atom is -0.489 e. The van der Waals surface area contributed by atoms with Crippen molar-refractivity contribution in [1.29, 1.82) is 0 Å². The standard InChI is InChI=1S/C11H13Br2ClO2/c1-2-15-3-4-16-11-9(12)5-8(7-14)6-10(11)13/h5-6H,2-4,7H2,1H3. The van der Waals surface area contributed by atoms with Gasteiger partial charge >= 0.3 is 0 Å². The fraction of sp³-hybridized carbons (Fsp3) is 0.455. The van der Waals surface area contributed by atoms with E-state index in [1.54, 1.807) is 0 Å². The van der Waals surface area contributed by atoms with Gasteiger partial charge in [0.25, 0.3) is 0 Å². The highest BCUT2D eigenvalue weighted by Gasteiger charge is 2.08. The van der Waals surface area contributed by atoms with Gasteiger partial charge in [-0.1, -0.05) is 0 Å². The lowest BCUT2D eigenvalue weighted by atomic mass is 10.2. The predicted molar refractivity (Wildman–Crippen MR) is 73.4 cm³/mol. The van der Waals surface area contributed by atoms with Crippen LogP contribution < -0.4 is 4.74 Å². The van der Waals surface area contributed by atoms with Gasteiger partial charge in [0.15, 0.2) is 0 Å². The van der Waals surface area contributed by atoms with E-state index < -0.39 is 0 Å². The van der Waals surface area contributed by atoms with Gasteiger partial charge in [-0.2, -0.15) is 0 Å². The van der Waals surface area contributed by atoms with Gasteiger partial charge in [0, 0.05) is 12.5 Å². The summed E-state index contributed by atoms with van der Waals surface area (Å²) in [4.78, 5) is 0. The van der Waals surface area contributed by atoms with Crippen molar-refractivity contribution in [2.75, 3.05) is 19.8 Å². The smallest absolute Gasteiger partial charge is 0.147 e. The second-order valence-corrected chi connectivity index (χ2v) is 5.04. The number of rotatable bonds is 6. The molecule has 0 saturated carbocycles. The summed E-state index contributed by atoms with van der Waals surface area (Å²) in [7, 11) is 0. The summed E-state index contributed by atoms with van der Waals surface area (Å²) in [6, 6.07) is 3.90. The molecule has 5 heteroatoms. The number of halogens is 3. The second-order valence-electron chi connectivity index (χ2n) is 3.07. The summed E-state index contributed by atoms with van der Waals surface area (Å²) in [6.07, 6.45) is 0. The third kappa shape index (κ3) is 4.24. The third-order valence-electron chi connectivity index (χ3n) is 1.89. The Labute approximate surface area is 118 Å². The SMILES string of the molecule is CCOCCOc1c(Br)cc(CCl)cc1Br. The molecule has 1 rings (SSSR count). The molecule has 0 atom stereocenters. The first kappa shape index (κ1) is 14.3. The van der Waals surface area contributed by atoms with E-state index in [1.165, 1.54) is 0 Å². The van der Waals surface area contributed by atoms with Gasteiger partial charge in [-0.15, -0.1) is 11.6 Å². The van der Waals surface area contributed by atoms with Crippen molar-refractivity contribution in [1.82, 2.24) is 0 Å². The third-order valence-corrected chi connectivity index (χ3v) is 3.38. The normalized spacial score (nSPS) is 10.5. The number of alkyl halides is 1. The lowest BCUT2D eigenvalue weighted by Gasteiger charge is -2.11. The van der Waals surface area contributed by atoms with Crippen molar-refractivity contribution in [2.45, 2.75) is 12.8 Å². The average molecular weight is 372 g/mol. The van der Waals surface area contributed by atoms with E-state index in [-0.39, 0.29) is 0 Å². The first-order chi connectivity index (χ1) is 7.69. The van der Waals surface area contributed by atoms with Gasteiger partial charge < -0.3 is 9.47 Å². The molecule has 0 spiro atoms. The zero-order valence-electron chi connectivity index (χ0n) is 8.93. The highest BCUT2D eigenvalue weighted by Crippen LogP contribution is 2.35. The molecule has 0 aliphatic rings. The topological polar surface area (TPSA) is 18.5 Å². The van der Waals surface area contributed by atoms with Crippen LogP contribution in [0, 0.1) is 0 Å². The molecule has 0 N–H and O–H groups in total. The molecule has 0 saturated heterocycles. The molecular formula is C11H13Br2ClO2. The summed E-state index contributed by atoms with van der Waals surface area (Å²) < 4.78 is 12.6. The summed E-state index contributed by atoms with van der Waals surface area (Å²) in [6.45, 7) is 3.79. The molecule has 0 aromatic heterocycles. The fourth-order valence-corrected chi connectivity index (χ4v) is 2.84. The van der Waals surface area contributed by atoms with Crippen LogP contribution in [0.15, 0.2) is 21.1 Å². The van der Waals surface area contributed by atoms with E-state index in [1.807, 2.05) is 19.1 Å². The van der Waals surface area contributed by atoms with Crippen LogP contribution in [-0.4, -0.2) is 19.8 Å². The lowest BCUT2D eigenvalue weighted by Crippen LogP contribution is -2.07. The number of hydrogen-bond acceptors (Lipinski definition) is 2. The van der Waals surface area contributed by atoms with E-state index in [0.29, 0.717) is 25.7 Å². The van der Waals surface area contributed by atoms with Crippen LogP contribution in [0.1, 0.15) is 12.5 Å². The Balaban J connectivity index is 2.65. The van der Waals surface area contributed by atoms with E-state index in [4.69, 9.17) is 21.1 Å². The number of hydrogen-bond donors (Lipinski definition) is 0. The van der Waals surface area contributed by atoms with Gasteiger partial charge in [0.1, 0.15) is 12.4 Å². The molecule has 0 unspecified atom stereocenters. The lowest BCUT2D eigenvalue weighted by molar-refractivity contribution is 0.109. The van der Waals surface area contributed by atoms with Crippen LogP contribution >= 0.6 is 43.5 Å². The highest BCUT2D eigenvalue weighted by molar-refractivity contribution is 9.11. The average Bonchev–Trinajstić information content (AvgIpc) is 2.26. The van der Waals surface area contributed by atoms with Crippen LogP contribution in [0.5, 0.6) is 5.75 Å². The van der Waals surface area contributed by atoms with Gasteiger partial charge in [-0.05, 0) is 56.5 Å². The quantitative estimate of drug-likeness (QED) is 0.545. The van der Waals surface area contributed by atoms with Crippen molar-refractivity contribution in [2.24, 2.45) is 0 Å². The van der Waals surface area contributed by atoms with Crippen LogP contribution in [0.25, 0.3) is 0 Å². The molecule has 0 heterocycles. The summed E-state index contributed by atoms with van der Waals surface area (Å²) >= 11 is 12.7. The molecule has 2 nitrogen and oxygen atoms in total. The molecule has 1 aromatic carbocycles. The Morgan fingerprint density at radius 2 is 1.81 bits per heavy atom. The first-order valence-corrected chi connectivity index (χ1v) is 7.05. The minimum atomic E-state index is 0.483. The maximum absolute atomic E-state index is 5.77. The van der Waals surface area contributed by atoms with E-state index in [9.17, 15) is 0 Å². The molecule has 0 bridgehead atoms. The molecule has 0 aliphatic heterocycles. The van der Waals surface area contributed by atoms with Crippen LogP contribution in [0.3, 0.4) is 0 Å². The van der Waals surface area contributed by atoms with Gasteiger partial charge in [0.05, 0.1) is 15.6 Å². The van der Waals surface area contributed by atoms with E-state index in [2.05, 4.69) is 31.9 Å². The predicted octanol–water partition coefficient (Wildman–Crippen LogP) is 4.37. The number of ether oxygens (including phenoxy) is 2. The molecule has 0 aliphatic carbocycles. The monoisotopic (exact) mass is 370 g/mol. The Hall–Kier alpha value is 0.230. The largest absolute Gasteiger partial charge is 0.489 e. The summed E-state index contributed by atoms with van der Waals surface area (Å²) in [5.74, 6) is 1.27. The van der Waals surface area contributed by atoms with Crippen LogP contribution in [0.2, 0.25) is 0 Å². The first-order valence-electron chi connectivity index (χ1n) is 4.93. The molecule has 0 radical (unpaired) electrons. The summed E-state index contributed by atoms with van der Waals surface area (Å²) in [5, 5.41) is 0. The van der Waals surface area contributed by atoms with Crippen molar-refractivity contribution in [3.8, 4) is 5.75 Å². The van der Waals surface area contributed by atoms with Crippen molar-refractivity contribution < 1.29 is 9.47 Å².